The number of sulfonamides is 1. The van der Waals surface area contributed by atoms with Crippen LogP contribution in [0.4, 0.5) is 5.69 Å². The summed E-state index contributed by atoms with van der Waals surface area (Å²) in [6, 6.07) is 10.4. The van der Waals surface area contributed by atoms with Crippen LogP contribution < -0.4 is 19.7 Å². The van der Waals surface area contributed by atoms with Gasteiger partial charge < -0.3 is 15.0 Å². The van der Waals surface area contributed by atoms with Crippen LogP contribution >= 0.6 is 23.2 Å². The van der Waals surface area contributed by atoms with E-state index in [0.717, 1.165) is 31.6 Å². The SMILES string of the molecule is Cc1c(OC2CCN(C3CCNCC3)C(S(=O)(=O)NC(=O)c3ccc(N(C)C)cc3)C2)ccc(Cl)c1Cl. The summed E-state index contributed by atoms with van der Waals surface area (Å²) in [6.45, 7) is 4.04. The number of piperidine rings is 2. The van der Waals surface area contributed by atoms with Gasteiger partial charge >= 0.3 is 0 Å². The average Bonchev–Trinajstić information content (AvgIpc) is 2.89. The summed E-state index contributed by atoms with van der Waals surface area (Å²) in [4.78, 5) is 16.9. The van der Waals surface area contributed by atoms with E-state index in [4.69, 9.17) is 27.9 Å². The lowest BCUT2D eigenvalue weighted by Gasteiger charge is -2.44. The monoisotopic (exact) mass is 568 g/mol. The first-order valence-electron chi connectivity index (χ1n) is 12.5. The topological polar surface area (TPSA) is 91.0 Å². The van der Waals surface area contributed by atoms with E-state index in [-0.39, 0.29) is 24.1 Å². The van der Waals surface area contributed by atoms with Crippen molar-refractivity contribution >= 4 is 44.8 Å². The molecule has 0 spiro atoms. The Labute approximate surface area is 229 Å². The second kappa shape index (κ2) is 11.8. The van der Waals surface area contributed by atoms with Crippen molar-refractivity contribution < 1.29 is 17.9 Å². The Bertz CT molecular complexity index is 1220. The van der Waals surface area contributed by atoms with Gasteiger partial charge in [-0.15, -0.1) is 0 Å². The van der Waals surface area contributed by atoms with Gasteiger partial charge in [0.25, 0.3) is 15.9 Å². The maximum atomic E-state index is 13.7. The lowest BCUT2D eigenvalue weighted by Crippen LogP contribution is -2.58. The minimum Gasteiger partial charge on any atom is -0.490 e. The molecule has 2 saturated heterocycles. The molecule has 2 heterocycles. The van der Waals surface area contributed by atoms with Gasteiger partial charge in [-0.2, -0.15) is 0 Å². The first-order valence-corrected chi connectivity index (χ1v) is 14.8. The summed E-state index contributed by atoms with van der Waals surface area (Å²) in [5.74, 6) is -0.0604. The fourth-order valence-corrected chi connectivity index (χ4v) is 6.97. The molecule has 4 rings (SSSR count). The predicted molar refractivity (Wildman–Crippen MR) is 148 cm³/mol. The van der Waals surface area contributed by atoms with Crippen LogP contribution in [0.3, 0.4) is 0 Å². The van der Waals surface area contributed by atoms with Crippen molar-refractivity contribution in [3.05, 3.63) is 57.6 Å². The van der Waals surface area contributed by atoms with E-state index in [1.165, 1.54) is 0 Å². The number of hydrogen-bond donors (Lipinski definition) is 2. The fraction of sp³-hybridized carbons (Fsp3) is 0.500. The Morgan fingerprint density at radius 3 is 2.41 bits per heavy atom. The Morgan fingerprint density at radius 2 is 1.76 bits per heavy atom. The van der Waals surface area contributed by atoms with Gasteiger partial charge in [0.2, 0.25) is 0 Å². The van der Waals surface area contributed by atoms with Gasteiger partial charge in [-0.3, -0.25) is 9.69 Å². The zero-order chi connectivity index (χ0) is 26.7. The maximum Gasteiger partial charge on any atom is 0.264 e. The van der Waals surface area contributed by atoms with Crippen molar-refractivity contribution in [2.45, 2.75) is 50.1 Å². The smallest absolute Gasteiger partial charge is 0.264 e. The highest BCUT2D eigenvalue weighted by Crippen LogP contribution is 2.35. The first-order chi connectivity index (χ1) is 17.6. The minimum atomic E-state index is -4.04. The molecule has 0 bridgehead atoms. The van der Waals surface area contributed by atoms with Crippen LogP contribution in [0.2, 0.25) is 10.0 Å². The van der Waals surface area contributed by atoms with Crippen LogP contribution in [0.15, 0.2) is 36.4 Å². The molecule has 11 heteroatoms. The van der Waals surface area contributed by atoms with Gasteiger partial charge in [-0.25, -0.2) is 13.1 Å². The Kier molecular flexibility index (Phi) is 8.91. The third-order valence-electron chi connectivity index (χ3n) is 7.14. The van der Waals surface area contributed by atoms with Crippen LogP contribution in [0.25, 0.3) is 0 Å². The molecule has 2 aromatic rings. The molecule has 37 heavy (non-hydrogen) atoms. The molecule has 0 aliphatic carbocycles. The molecule has 2 fully saturated rings. The molecule has 0 saturated carbocycles. The fourth-order valence-electron chi connectivity index (χ4n) is 4.99. The van der Waals surface area contributed by atoms with Gasteiger partial charge in [0.05, 0.1) is 10.0 Å². The molecular formula is C26H34Cl2N4O4S. The molecule has 0 aromatic heterocycles. The number of ether oxygens (including phenoxy) is 1. The molecule has 2 aliphatic rings. The van der Waals surface area contributed by atoms with Crippen LogP contribution in [0, 0.1) is 6.92 Å². The number of nitrogens with zero attached hydrogens (tertiary/aromatic N) is 2. The van der Waals surface area contributed by atoms with E-state index in [1.54, 1.807) is 36.4 Å². The second-order valence-electron chi connectivity index (χ2n) is 9.84. The van der Waals surface area contributed by atoms with E-state index in [1.807, 2.05) is 30.8 Å². The van der Waals surface area contributed by atoms with Crippen molar-refractivity contribution in [1.82, 2.24) is 14.9 Å². The molecule has 202 valence electrons. The molecule has 1 amide bonds. The molecule has 2 unspecified atom stereocenters. The number of carbonyl (C=O) groups excluding carboxylic acids is 1. The zero-order valence-corrected chi connectivity index (χ0v) is 23.7. The third kappa shape index (κ3) is 6.52. The lowest BCUT2D eigenvalue weighted by atomic mass is 9.99. The summed E-state index contributed by atoms with van der Waals surface area (Å²) in [7, 11) is -0.240. The Morgan fingerprint density at radius 1 is 1.08 bits per heavy atom. The first kappa shape index (κ1) is 28.0. The van der Waals surface area contributed by atoms with Crippen LogP contribution in [0.5, 0.6) is 5.75 Å². The Hall–Kier alpha value is -2.04. The van der Waals surface area contributed by atoms with Crippen LogP contribution in [-0.4, -0.2) is 70.5 Å². The van der Waals surface area contributed by atoms with Gasteiger partial charge in [0, 0.05) is 49.9 Å². The molecule has 2 N–H and O–H groups in total. The number of rotatable bonds is 7. The van der Waals surface area contributed by atoms with Crippen molar-refractivity contribution in [2.75, 3.05) is 38.6 Å². The number of likely N-dealkylation sites (tertiary alicyclic amines) is 1. The van der Waals surface area contributed by atoms with Gasteiger partial charge in [-0.05, 0) is 75.7 Å². The van der Waals surface area contributed by atoms with Gasteiger partial charge in [0.15, 0.2) is 0 Å². The van der Waals surface area contributed by atoms with E-state index in [0.29, 0.717) is 34.3 Å². The highest BCUT2D eigenvalue weighted by molar-refractivity contribution is 7.90. The predicted octanol–water partition coefficient (Wildman–Crippen LogP) is 4.05. The third-order valence-corrected chi connectivity index (χ3v) is 9.69. The van der Waals surface area contributed by atoms with E-state index in [2.05, 4.69) is 10.0 Å². The highest BCUT2D eigenvalue weighted by atomic mass is 35.5. The number of benzene rings is 2. The van der Waals surface area contributed by atoms with Crippen molar-refractivity contribution in [1.29, 1.82) is 0 Å². The maximum absolute atomic E-state index is 13.7. The van der Waals surface area contributed by atoms with E-state index in [9.17, 15) is 13.2 Å². The van der Waals surface area contributed by atoms with Crippen molar-refractivity contribution in [2.24, 2.45) is 0 Å². The zero-order valence-electron chi connectivity index (χ0n) is 21.3. The molecule has 2 aliphatic heterocycles. The van der Waals surface area contributed by atoms with Crippen molar-refractivity contribution in [3.8, 4) is 5.75 Å². The van der Waals surface area contributed by atoms with Crippen LogP contribution in [-0.2, 0) is 10.0 Å². The Balaban J connectivity index is 1.55. The summed E-state index contributed by atoms with van der Waals surface area (Å²) in [5.41, 5.74) is 1.92. The number of nitrogens with one attached hydrogen (secondary N) is 2. The quantitative estimate of drug-likeness (QED) is 0.520. The minimum absolute atomic E-state index is 0.116. The molecule has 2 atom stereocenters. The number of carbonyl (C=O) groups is 1. The van der Waals surface area contributed by atoms with Crippen LogP contribution in [0.1, 0.15) is 41.6 Å². The summed E-state index contributed by atoms with van der Waals surface area (Å²) < 4.78 is 35.9. The van der Waals surface area contributed by atoms with Crippen molar-refractivity contribution in [3.63, 3.8) is 0 Å². The molecular weight excluding hydrogens is 535 g/mol. The molecule has 0 radical (unpaired) electrons. The largest absolute Gasteiger partial charge is 0.490 e. The number of amides is 1. The lowest BCUT2D eigenvalue weighted by molar-refractivity contribution is 0.0478. The van der Waals surface area contributed by atoms with E-state index < -0.39 is 21.3 Å². The number of anilines is 1. The number of hydrogen-bond acceptors (Lipinski definition) is 7. The highest BCUT2D eigenvalue weighted by Gasteiger charge is 2.42. The van der Waals surface area contributed by atoms with E-state index >= 15 is 0 Å². The second-order valence-corrected chi connectivity index (χ2v) is 12.5. The summed E-state index contributed by atoms with van der Waals surface area (Å²) in [5, 5.41) is 3.29. The summed E-state index contributed by atoms with van der Waals surface area (Å²) >= 11 is 12.4. The average molecular weight is 570 g/mol. The van der Waals surface area contributed by atoms with Gasteiger partial charge in [-0.1, -0.05) is 23.2 Å². The normalized spacial score (nSPS) is 21.4. The summed E-state index contributed by atoms with van der Waals surface area (Å²) in [6.07, 6.45) is 2.23. The molecule has 2 aromatic carbocycles. The van der Waals surface area contributed by atoms with Gasteiger partial charge in [0.1, 0.15) is 17.2 Å². The standard InChI is InChI=1S/C26H34Cl2N4O4S/c1-17-23(9-8-22(27)25(17)28)36-21-12-15-32(20-10-13-29-14-11-20)24(16-21)37(34,35)30-26(33)18-4-6-19(7-5-18)31(2)3/h4-9,20-21,24,29H,10-16H2,1-3H3,(H,30,33). The number of halogens is 2. The molecule has 8 nitrogen and oxygen atoms in total.